The van der Waals surface area contributed by atoms with Gasteiger partial charge in [-0.1, -0.05) is 249 Å². The lowest BCUT2D eigenvalue weighted by molar-refractivity contribution is 0.666. The lowest BCUT2D eigenvalue weighted by atomic mass is 9.97. The molecule has 0 amide bonds. The monoisotopic (exact) mass is 1390 g/mol. The minimum atomic E-state index is 0.577. The number of aromatic nitrogens is 8. The van der Waals surface area contributed by atoms with Crippen LogP contribution in [0.4, 0.5) is 0 Å². The quantitative estimate of drug-likeness (QED) is 0.166. The van der Waals surface area contributed by atoms with Crippen LogP contribution in [-0.4, -0.2) is 37.9 Å². The number of hydrogen-bond acceptors (Lipinski definition) is 6. The van der Waals surface area contributed by atoms with Crippen molar-refractivity contribution in [3.8, 4) is 56.7 Å². The van der Waals surface area contributed by atoms with Crippen molar-refractivity contribution in [1.29, 1.82) is 0 Å². The fourth-order valence-electron chi connectivity index (χ4n) is 19.0. The second-order valence-electron chi connectivity index (χ2n) is 29.1. The number of fused-ring (bicyclic) bond motifs is 31. The van der Waals surface area contributed by atoms with Gasteiger partial charge in [0, 0.05) is 102 Å². The third-order valence-electron chi connectivity index (χ3n) is 23.6. The van der Waals surface area contributed by atoms with Gasteiger partial charge < -0.3 is 13.2 Å². The zero-order valence-corrected chi connectivity index (χ0v) is 58.2. The topological polar surface area (TPSA) is 83.4 Å². The summed E-state index contributed by atoms with van der Waals surface area (Å²) < 4.78 is 18.7. The summed E-state index contributed by atoms with van der Waals surface area (Å²) >= 11 is 1.77. The van der Waals surface area contributed by atoms with E-state index in [0.29, 0.717) is 17.5 Å². The Hall–Kier alpha value is -14.3. The predicted molar refractivity (Wildman–Crippen MR) is 450 cm³/mol. The minimum Gasteiger partial charge on any atom is -0.452 e. The van der Waals surface area contributed by atoms with Crippen molar-refractivity contribution in [2.45, 2.75) is 0 Å². The van der Waals surface area contributed by atoms with Gasteiger partial charge in [0.25, 0.3) is 0 Å². The molecule has 108 heavy (non-hydrogen) atoms. The normalized spacial score (nSPS) is 12.6. The summed E-state index contributed by atoms with van der Waals surface area (Å²) in [4.78, 5) is 22.7. The lowest BCUT2D eigenvalue weighted by Crippen LogP contribution is -2.03. The molecule has 0 spiro atoms. The van der Waals surface area contributed by atoms with E-state index in [1.54, 1.807) is 11.3 Å². The molecule has 0 saturated carbocycles. The summed E-state index contributed by atoms with van der Waals surface area (Å²) in [5.41, 5.74) is 22.7. The van der Waals surface area contributed by atoms with E-state index in [-0.39, 0.29) is 0 Å². The zero-order chi connectivity index (χ0) is 69.9. The van der Waals surface area contributed by atoms with Crippen LogP contribution in [0, 0.1) is 0 Å². The molecule has 0 N–H and O–H groups in total. The molecule has 0 radical (unpaired) electrons. The summed E-state index contributed by atoms with van der Waals surface area (Å²) in [6.45, 7) is 0. The van der Waals surface area contributed by atoms with Gasteiger partial charge in [0.05, 0.1) is 71.1 Å². The van der Waals surface area contributed by atoms with Gasteiger partial charge in [0.2, 0.25) is 11.9 Å². The number of rotatable bonds is 6. The molecule has 10 heterocycles. The Bertz CT molecular complexity index is 8500. The molecule has 9 nitrogen and oxygen atoms in total. The van der Waals surface area contributed by atoms with Crippen LogP contribution in [0.25, 0.3) is 251 Å². The molecule has 0 bridgehead atoms. The molecule has 496 valence electrons. The summed E-state index contributed by atoms with van der Waals surface area (Å²) in [5, 5.41) is 23.5. The Labute approximate surface area is 616 Å². The predicted octanol–water partition coefficient (Wildman–Crippen LogP) is 26.2. The molecular weight excluding hydrogens is 1340 g/mol. The van der Waals surface area contributed by atoms with Crippen LogP contribution in [0.5, 0.6) is 0 Å². The van der Waals surface area contributed by atoms with Crippen LogP contribution >= 0.6 is 11.3 Å². The van der Waals surface area contributed by atoms with E-state index in [0.717, 1.165) is 126 Å². The van der Waals surface area contributed by atoms with Gasteiger partial charge in [-0.3, -0.25) is 9.13 Å². The summed E-state index contributed by atoms with van der Waals surface area (Å²) in [5.74, 6) is 1.22. The van der Waals surface area contributed by atoms with Crippen molar-refractivity contribution >= 4 is 206 Å². The van der Waals surface area contributed by atoms with Crippen LogP contribution in [0.3, 0.4) is 0 Å². The van der Waals surface area contributed by atoms with Crippen molar-refractivity contribution in [1.82, 2.24) is 37.9 Å². The first-order valence-corrected chi connectivity index (χ1v) is 37.6. The number of para-hydroxylation sites is 4. The van der Waals surface area contributed by atoms with E-state index in [2.05, 4.69) is 321 Å². The van der Waals surface area contributed by atoms with Crippen molar-refractivity contribution in [2.75, 3.05) is 0 Å². The van der Waals surface area contributed by atoms with E-state index in [9.17, 15) is 0 Å². The Morgan fingerprint density at radius 3 is 1.39 bits per heavy atom. The molecular formula is C98H52N8OS. The number of furan rings is 1. The van der Waals surface area contributed by atoms with Gasteiger partial charge in [-0.25, -0.2) is 19.9 Å². The largest absolute Gasteiger partial charge is 0.452 e. The first kappa shape index (κ1) is 57.1. The van der Waals surface area contributed by atoms with Crippen LogP contribution in [0.2, 0.25) is 0 Å². The maximum Gasteiger partial charge on any atom is 0.236 e. The highest BCUT2D eigenvalue weighted by Crippen LogP contribution is 2.52. The average molecular weight is 1390 g/mol. The zero-order valence-electron chi connectivity index (χ0n) is 57.4. The first-order valence-electron chi connectivity index (χ1n) is 36.8. The highest BCUT2D eigenvalue weighted by Gasteiger charge is 2.31. The molecule has 26 rings (SSSR count). The summed E-state index contributed by atoms with van der Waals surface area (Å²) in [6, 6.07) is 115. The highest BCUT2D eigenvalue weighted by molar-refractivity contribution is 7.26. The summed E-state index contributed by atoms with van der Waals surface area (Å²) in [7, 11) is 0. The number of benzene rings is 16. The lowest BCUT2D eigenvalue weighted by Gasteiger charge is -2.11. The second kappa shape index (κ2) is 20.8. The molecule has 0 atom stereocenters. The van der Waals surface area contributed by atoms with Crippen LogP contribution in [0.15, 0.2) is 320 Å². The third-order valence-corrected chi connectivity index (χ3v) is 24.8. The van der Waals surface area contributed by atoms with Gasteiger partial charge in [-0.05, 0) is 111 Å². The van der Waals surface area contributed by atoms with Gasteiger partial charge >= 0.3 is 0 Å². The van der Waals surface area contributed by atoms with Gasteiger partial charge in [0.1, 0.15) is 16.8 Å². The highest BCUT2D eigenvalue weighted by atomic mass is 32.1. The summed E-state index contributed by atoms with van der Waals surface area (Å²) in [6.07, 6.45) is 0. The Balaban J connectivity index is 0.676. The fourth-order valence-corrected chi connectivity index (χ4v) is 20.1. The van der Waals surface area contributed by atoms with E-state index < -0.39 is 0 Å². The number of thiophene rings is 1. The van der Waals surface area contributed by atoms with Crippen molar-refractivity contribution in [2.24, 2.45) is 0 Å². The third kappa shape index (κ3) is 7.47. The molecule has 0 aliphatic carbocycles. The van der Waals surface area contributed by atoms with E-state index >= 15 is 0 Å². The molecule has 26 aromatic rings. The van der Waals surface area contributed by atoms with Crippen molar-refractivity contribution < 1.29 is 4.42 Å². The van der Waals surface area contributed by atoms with Gasteiger partial charge in [-0.2, -0.15) is 0 Å². The average Bonchev–Trinajstić information content (AvgIpc) is 1.51. The van der Waals surface area contributed by atoms with Crippen LogP contribution in [-0.2, 0) is 0 Å². The molecule has 16 aromatic carbocycles. The van der Waals surface area contributed by atoms with E-state index in [1.807, 2.05) is 12.1 Å². The Kier molecular flexibility index (Phi) is 11.0. The van der Waals surface area contributed by atoms with Gasteiger partial charge in [0.15, 0.2) is 5.58 Å². The molecule has 10 aromatic heterocycles. The maximum absolute atomic E-state index is 6.75. The Morgan fingerprint density at radius 1 is 0.250 bits per heavy atom. The standard InChI is InChI=1S/C98H52N8OS/c1-2-18-53(19-3-1)54-34-38-58(39-35-54)87-95-89(71-27-11-16-32-81(71)107-95)101-97(99-87)103-75-29-13-9-25-68(75)84-80(103)52-74-66-46-43-57-21-5-7-23-64(57)92(66)106-78-50-60(44-47-70(78)86(84)94(74)106)59-40-36-55-37-41-61(49-62(55)48-59)88-96-90(72-28-12-17-33-82(72)108-96)102-98(100-88)104-76-30-14-8-24-67(76)83-79(104)51-73-65-45-42-56-20-4-6-22-63(56)91(65)105-77-31-15-10-26-69(77)85(83)93(73)105/h1-52H. The first-order chi connectivity index (χ1) is 53.6. The maximum atomic E-state index is 6.75. The van der Waals surface area contributed by atoms with Gasteiger partial charge in [-0.15, -0.1) is 11.3 Å². The minimum absolute atomic E-state index is 0.577. The van der Waals surface area contributed by atoms with E-state index in [4.69, 9.17) is 24.4 Å². The number of nitrogens with zero attached hydrogens (tertiary/aromatic N) is 8. The molecule has 0 aliphatic rings. The van der Waals surface area contributed by atoms with Crippen molar-refractivity contribution in [3.05, 3.63) is 315 Å². The fraction of sp³-hybridized carbons (Fsp3) is 0. The molecule has 0 fully saturated rings. The van der Waals surface area contributed by atoms with Crippen LogP contribution < -0.4 is 0 Å². The number of hydrogen-bond donors (Lipinski definition) is 0. The van der Waals surface area contributed by atoms with Crippen molar-refractivity contribution in [3.63, 3.8) is 0 Å². The SMILES string of the molecule is c1ccc(-c2ccc(-c3nc(-n4c5ccccc5c5c6c7ccc(-c8ccc9ccc(-c%10nc(-n%11c%12ccccc%12c%12c%13c%14ccccc%14n%14c%15c%16ccccc%16ccc%15c(cc%12%11)c%13%14)nc%11c%10sc%10ccccc%10%11)cc9c8)cc7n7c8c9ccccc9ccc8c(cc54)c67)nc4c3oc3ccccc34)cc2)cc1. The molecule has 0 saturated heterocycles. The van der Waals surface area contributed by atoms with Crippen LogP contribution in [0.1, 0.15) is 0 Å². The smallest absolute Gasteiger partial charge is 0.236 e. The second-order valence-corrected chi connectivity index (χ2v) is 30.1. The molecule has 0 aliphatic heterocycles. The molecule has 10 heteroatoms. The Morgan fingerprint density at radius 2 is 0.713 bits per heavy atom. The van der Waals surface area contributed by atoms with E-state index in [1.165, 1.54) is 108 Å². The molecule has 0 unspecified atom stereocenters.